The maximum absolute atomic E-state index is 8.51. The Morgan fingerprint density at radius 2 is 2.46 bits per heavy atom. The van der Waals surface area contributed by atoms with E-state index in [-0.39, 0.29) is 6.04 Å². The van der Waals surface area contributed by atoms with Crippen molar-refractivity contribution in [3.8, 4) is 6.07 Å². The quantitative estimate of drug-likeness (QED) is 0.703. The van der Waals surface area contributed by atoms with Crippen LogP contribution in [-0.2, 0) is 0 Å². The third-order valence-corrected chi connectivity index (χ3v) is 2.87. The highest BCUT2D eigenvalue weighted by molar-refractivity contribution is 4.87. The fraction of sp³-hybridized carbons (Fsp3) is 0.900. The molecule has 2 atom stereocenters. The molecule has 0 bridgehead atoms. The van der Waals surface area contributed by atoms with Crippen LogP contribution in [0.2, 0.25) is 0 Å². The molecule has 0 spiro atoms. The Bertz CT molecular complexity index is 185. The van der Waals surface area contributed by atoms with E-state index in [1.165, 1.54) is 25.9 Å². The van der Waals surface area contributed by atoms with E-state index in [9.17, 15) is 0 Å². The Morgan fingerprint density at radius 1 is 1.69 bits per heavy atom. The largest absolute Gasteiger partial charge is 0.316 e. The first-order valence-corrected chi connectivity index (χ1v) is 5.13. The smallest absolute Gasteiger partial charge is 0.0940 e. The predicted octanol–water partition coefficient (Wildman–Crippen LogP) is 0.959. The van der Waals surface area contributed by atoms with E-state index in [4.69, 9.17) is 11.0 Å². The topological polar surface area (TPSA) is 53.0 Å². The number of rotatable bonds is 4. The molecule has 0 amide bonds. The van der Waals surface area contributed by atoms with Gasteiger partial charge in [-0.2, -0.15) is 5.26 Å². The highest BCUT2D eigenvalue weighted by atomic mass is 15.1. The van der Waals surface area contributed by atoms with Crippen molar-refractivity contribution in [2.24, 2.45) is 11.7 Å². The molecule has 13 heavy (non-hydrogen) atoms. The van der Waals surface area contributed by atoms with Gasteiger partial charge in [0.15, 0.2) is 0 Å². The molecule has 74 valence electrons. The minimum atomic E-state index is -0.277. The lowest BCUT2D eigenvalue weighted by Gasteiger charge is -2.15. The standard InChI is InChI=1S/C10H19N3/c1-2-9-3-5-13(8-9)6-4-10(12)7-11/h9-10H,2-6,8,12H2,1H3. The molecule has 1 saturated heterocycles. The second-order valence-electron chi connectivity index (χ2n) is 3.89. The zero-order valence-electron chi connectivity index (χ0n) is 8.37. The molecule has 1 aliphatic rings. The molecule has 0 aliphatic carbocycles. The van der Waals surface area contributed by atoms with Gasteiger partial charge in [0.05, 0.1) is 12.1 Å². The van der Waals surface area contributed by atoms with Crippen LogP contribution < -0.4 is 5.73 Å². The molecule has 2 N–H and O–H groups in total. The molecular formula is C10H19N3. The minimum Gasteiger partial charge on any atom is -0.316 e. The fourth-order valence-corrected chi connectivity index (χ4v) is 1.84. The average Bonchev–Trinajstić information content (AvgIpc) is 2.61. The minimum absolute atomic E-state index is 0.277. The molecule has 0 aromatic carbocycles. The predicted molar refractivity (Wildman–Crippen MR) is 53.0 cm³/mol. The normalized spacial score (nSPS) is 25.8. The van der Waals surface area contributed by atoms with E-state index in [0.29, 0.717) is 0 Å². The number of nitrogens with zero attached hydrogens (tertiary/aromatic N) is 2. The summed E-state index contributed by atoms with van der Waals surface area (Å²) in [4.78, 5) is 2.42. The van der Waals surface area contributed by atoms with Crippen molar-refractivity contribution in [2.45, 2.75) is 32.2 Å². The van der Waals surface area contributed by atoms with Gasteiger partial charge in [-0.05, 0) is 25.3 Å². The second-order valence-corrected chi connectivity index (χ2v) is 3.89. The molecule has 2 unspecified atom stereocenters. The molecule has 1 fully saturated rings. The van der Waals surface area contributed by atoms with Crippen molar-refractivity contribution in [3.63, 3.8) is 0 Å². The van der Waals surface area contributed by atoms with Crippen molar-refractivity contribution in [3.05, 3.63) is 0 Å². The summed E-state index contributed by atoms with van der Waals surface area (Å²) < 4.78 is 0. The first kappa shape index (κ1) is 10.5. The third-order valence-electron chi connectivity index (χ3n) is 2.87. The molecule has 0 aromatic rings. The fourth-order valence-electron chi connectivity index (χ4n) is 1.84. The van der Waals surface area contributed by atoms with Gasteiger partial charge < -0.3 is 10.6 Å². The number of nitriles is 1. The third kappa shape index (κ3) is 3.33. The van der Waals surface area contributed by atoms with E-state index in [0.717, 1.165) is 18.9 Å². The summed E-state index contributed by atoms with van der Waals surface area (Å²) in [5, 5.41) is 8.51. The molecule has 0 aromatic heterocycles. The maximum atomic E-state index is 8.51. The molecule has 0 saturated carbocycles. The van der Waals surface area contributed by atoms with Crippen LogP contribution in [0.4, 0.5) is 0 Å². The van der Waals surface area contributed by atoms with Crippen LogP contribution in [0, 0.1) is 17.2 Å². The van der Waals surface area contributed by atoms with E-state index in [2.05, 4.69) is 17.9 Å². The van der Waals surface area contributed by atoms with Crippen LogP contribution in [0.25, 0.3) is 0 Å². The molecule has 3 heteroatoms. The van der Waals surface area contributed by atoms with Crippen LogP contribution in [0.5, 0.6) is 0 Å². The van der Waals surface area contributed by atoms with Crippen LogP contribution in [0.1, 0.15) is 26.2 Å². The van der Waals surface area contributed by atoms with Crippen molar-refractivity contribution in [1.82, 2.24) is 4.90 Å². The Labute approximate surface area is 80.5 Å². The van der Waals surface area contributed by atoms with Crippen molar-refractivity contribution in [1.29, 1.82) is 5.26 Å². The van der Waals surface area contributed by atoms with Gasteiger partial charge in [0, 0.05) is 13.1 Å². The summed E-state index contributed by atoms with van der Waals surface area (Å²) in [6.07, 6.45) is 3.41. The molecule has 1 heterocycles. The number of likely N-dealkylation sites (tertiary alicyclic amines) is 1. The van der Waals surface area contributed by atoms with Crippen LogP contribution in [-0.4, -0.2) is 30.6 Å². The lowest BCUT2D eigenvalue weighted by atomic mass is 10.1. The summed E-state index contributed by atoms with van der Waals surface area (Å²) in [5.41, 5.74) is 5.53. The monoisotopic (exact) mass is 181 g/mol. The summed E-state index contributed by atoms with van der Waals surface area (Å²) in [5.74, 6) is 0.873. The van der Waals surface area contributed by atoms with Crippen LogP contribution in [0.15, 0.2) is 0 Å². The van der Waals surface area contributed by atoms with Crippen LogP contribution >= 0.6 is 0 Å². The lowest BCUT2D eigenvalue weighted by Crippen LogP contribution is -2.28. The van der Waals surface area contributed by atoms with Gasteiger partial charge in [-0.1, -0.05) is 13.3 Å². The maximum Gasteiger partial charge on any atom is 0.0940 e. The second kappa shape index (κ2) is 5.21. The van der Waals surface area contributed by atoms with Crippen LogP contribution in [0.3, 0.4) is 0 Å². The Hall–Kier alpha value is -0.590. The Morgan fingerprint density at radius 3 is 3.00 bits per heavy atom. The zero-order valence-corrected chi connectivity index (χ0v) is 8.37. The number of hydrogen-bond donors (Lipinski definition) is 1. The molecular weight excluding hydrogens is 162 g/mol. The Balaban J connectivity index is 2.14. The number of nitrogens with two attached hydrogens (primary N) is 1. The Kier molecular flexibility index (Phi) is 4.20. The van der Waals surface area contributed by atoms with Gasteiger partial charge in [-0.25, -0.2) is 0 Å². The lowest BCUT2D eigenvalue weighted by molar-refractivity contribution is 0.314. The van der Waals surface area contributed by atoms with Gasteiger partial charge in [0.25, 0.3) is 0 Å². The summed E-state index contributed by atoms with van der Waals surface area (Å²) in [6.45, 7) is 5.63. The van der Waals surface area contributed by atoms with Crippen molar-refractivity contribution < 1.29 is 0 Å². The van der Waals surface area contributed by atoms with Crippen molar-refractivity contribution in [2.75, 3.05) is 19.6 Å². The zero-order chi connectivity index (χ0) is 9.68. The van der Waals surface area contributed by atoms with E-state index in [1.807, 2.05) is 0 Å². The summed E-state index contributed by atoms with van der Waals surface area (Å²) in [6, 6.07) is 1.79. The highest BCUT2D eigenvalue weighted by Crippen LogP contribution is 2.18. The highest BCUT2D eigenvalue weighted by Gasteiger charge is 2.20. The average molecular weight is 181 g/mol. The first-order valence-electron chi connectivity index (χ1n) is 5.13. The van der Waals surface area contributed by atoms with Gasteiger partial charge in [0.1, 0.15) is 0 Å². The van der Waals surface area contributed by atoms with Gasteiger partial charge in [-0.3, -0.25) is 0 Å². The molecule has 0 radical (unpaired) electrons. The molecule has 1 aliphatic heterocycles. The first-order chi connectivity index (χ1) is 6.26. The van der Waals surface area contributed by atoms with E-state index in [1.54, 1.807) is 0 Å². The summed E-state index contributed by atoms with van der Waals surface area (Å²) in [7, 11) is 0. The van der Waals surface area contributed by atoms with E-state index < -0.39 is 0 Å². The molecule has 1 rings (SSSR count). The van der Waals surface area contributed by atoms with Gasteiger partial charge in [-0.15, -0.1) is 0 Å². The molecule has 3 nitrogen and oxygen atoms in total. The van der Waals surface area contributed by atoms with Gasteiger partial charge in [0.2, 0.25) is 0 Å². The number of hydrogen-bond acceptors (Lipinski definition) is 3. The van der Waals surface area contributed by atoms with E-state index >= 15 is 0 Å². The summed E-state index contributed by atoms with van der Waals surface area (Å²) >= 11 is 0. The SMILES string of the molecule is CCC1CCN(CCC(N)C#N)C1. The van der Waals surface area contributed by atoms with Crippen molar-refractivity contribution >= 4 is 0 Å². The van der Waals surface area contributed by atoms with Gasteiger partial charge >= 0.3 is 0 Å².